The summed E-state index contributed by atoms with van der Waals surface area (Å²) in [5.74, 6) is 0. The molecule has 0 saturated carbocycles. The van der Waals surface area contributed by atoms with Crippen LogP contribution in [-0.2, 0) is 0 Å². The second kappa shape index (κ2) is 4.85. The minimum Gasteiger partial charge on any atom is -0.354 e. The van der Waals surface area contributed by atoms with Crippen molar-refractivity contribution in [1.29, 1.82) is 0 Å². The highest BCUT2D eigenvalue weighted by atomic mass is 79.9. The Balaban J connectivity index is 2.24. The molecule has 0 bridgehead atoms. The normalized spacial score (nSPS) is 10.2. The Hall–Kier alpha value is -1.06. The molecule has 1 aromatic heterocycles. The van der Waals surface area contributed by atoms with Crippen molar-refractivity contribution in [2.24, 2.45) is 0 Å². The van der Waals surface area contributed by atoms with Crippen LogP contribution in [0, 0.1) is 6.92 Å². The Morgan fingerprint density at radius 1 is 1.19 bits per heavy atom. The minimum absolute atomic E-state index is 0.757. The summed E-state index contributed by atoms with van der Waals surface area (Å²) in [6.45, 7) is 1.98. The molecule has 82 valence electrons. The lowest BCUT2D eigenvalue weighted by molar-refractivity contribution is 1.30. The average molecular weight is 298 g/mol. The van der Waals surface area contributed by atoms with Crippen LogP contribution in [-0.4, -0.2) is 4.98 Å². The summed E-state index contributed by atoms with van der Waals surface area (Å²) >= 11 is 9.42. The first-order chi connectivity index (χ1) is 7.65. The Morgan fingerprint density at radius 3 is 2.69 bits per heavy atom. The van der Waals surface area contributed by atoms with Gasteiger partial charge in [0.1, 0.15) is 0 Å². The van der Waals surface area contributed by atoms with Crippen molar-refractivity contribution in [2.45, 2.75) is 6.92 Å². The zero-order valence-electron chi connectivity index (χ0n) is 8.67. The summed E-state index contributed by atoms with van der Waals surface area (Å²) in [5, 5.41) is 3.99. The number of hydrogen-bond donors (Lipinski definition) is 1. The van der Waals surface area contributed by atoms with E-state index in [-0.39, 0.29) is 0 Å². The molecule has 2 aromatic rings. The first kappa shape index (κ1) is 11.4. The van der Waals surface area contributed by atoms with Crippen LogP contribution in [0.3, 0.4) is 0 Å². The van der Waals surface area contributed by atoms with Gasteiger partial charge in [-0.15, -0.1) is 0 Å². The largest absolute Gasteiger partial charge is 0.354 e. The Kier molecular flexibility index (Phi) is 3.46. The number of nitrogens with one attached hydrogen (secondary N) is 1. The molecule has 0 amide bonds. The lowest BCUT2D eigenvalue weighted by Gasteiger charge is -2.07. The van der Waals surface area contributed by atoms with Gasteiger partial charge in [-0.3, -0.25) is 4.98 Å². The van der Waals surface area contributed by atoms with E-state index in [2.05, 4.69) is 26.2 Å². The molecule has 2 nitrogen and oxygen atoms in total. The van der Waals surface area contributed by atoms with E-state index in [9.17, 15) is 0 Å². The van der Waals surface area contributed by atoms with E-state index in [1.54, 1.807) is 12.4 Å². The highest BCUT2D eigenvalue weighted by molar-refractivity contribution is 9.10. The van der Waals surface area contributed by atoms with E-state index < -0.39 is 0 Å². The maximum Gasteiger partial charge on any atom is 0.0582 e. The fourth-order valence-corrected chi connectivity index (χ4v) is 1.86. The van der Waals surface area contributed by atoms with Crippen molar-refractivity contribution >= 4 is 38.9 Å². The van der Waals surface area contributed by atoms with E-state index in [0.717, 1.165) is 26.4 Å². The van der Waals surface area contributed by atoms with Crippen LogP contribution in [0.1, 0.15) is 5.56 Å². The van der Waals surface area contributed by atoms with Crippen LogP contribution >= 0.6 is 27.5 Å². The molecule has 0 radical (unpaired) electrons. The molecule has 2 rings (SSSR count). The average Bonchev–Trinajstić information content (AvgIpc) is 2.24. The number of aryl methyl sites for hydroxylation is 1. The summed E-state index contributed by atoms with van der Waals surface area (Å²) < 4.78 is 0.940. The Labute approximate surface area is 108 Å². The molecule has 1 heterocycles. The zero-order valence-corrected chi connectivity index (χ0v) is 11.0. The van der Waals surface area contributed by atoms with E-state index in [0.29, 0.717) is 0 Å². The SMILES string of the molecule is Cc1ccc(Nc2cncc(Br)c2)cc1Cl. The number of nitrogens with zero attached hydrogens (tertiary/aromatic N) is 1. The molecule has 0 spiro atoms. The molecule has 16 heavy (non-hydrogen) atoms. The summed E-state index contributed by atoms with van der Waals surface area (Å²) in [5.41, 5.74) is 2.95. The van der Waals surface area contributed by atoms with Gasteiger partial charge in [-0.2, -0.15) is 0 Å². The predicted molar refractivity (Wildman–Crippen MR) is 71.4 cm³/mol. The molecule has 0 aliphatic carbocycles. The van der Waals surface area contributed by atoms with Gasteiger partial charge in [0.05, 0.1) is 11.9 Å². The van der Waals surface area contributed by atoms with Crippen LogP contribution in [0.15, 0.2) is 41.1 Å². The van der Waals surface area contributed by atoms with Gasteiger partial charge in [-0.05, 0) is 46.6 Å². The van der Waals surface area contributed by atoms with Gasteiger partial charge in [-0.1, -0.05) is 17.7 Å². The molecular weight excluding hydrogens is 288 g/mol. The molecule has 4 heteroatoms. The predicted octanol–water partition coefficient (Wildman–Crippen LogP) is 4.55. The molecule has 0 unspecified atom stereocenters. The quantitative estimate of drug-likeness (QED) is 0.879. The summed E-state index contributed by atoms with van der Waals surface area (Å²) in [4.78, 5) is 4.08. The van der Waals surface area contributed by atoms with Gasteiger partial charge in [0, 0.05) is 21.4 Å². The van der Waals surface area contributed by atoms with E-state index in [1.807, 2.05) is 31.2 Å². The molecule has 0 aliphatic rings. The van der Waals surface area contributed by atoms with Crippen LogP contribution in [0.25, 0.3) is 0 Å². The van der Waals surface area contributed by atoms with Crippen LogP contribution in [0.4, 0.5) is 11.4 Å². The van der Waals surface area contributed by atoms with E-state index in [1.165, 1.54) is 0 Å². The van der Waals surface area contributed by atoms with Crippen LogP contribution < -0.4 is 5.32 Å². The third-order valence-corrected chi connectivity index (χ3v) is 3.01. The highest BCUT2D eigenvalue weighted by Crippen LogP contribution is 2.23. The van der Waals surface area contributed by atoms with Gasteiger partial charge in [0.25, 0.3) is 0 Å². The molecule has 0 saturated heterocycles. The number of halogens is 2. The maximum absolute atomic E-state index is 6.05. The monoisotopic (exact) mass is 296 g/mol. The smallest absolute Gasteiger partial charge is 0.0582 e. The topological polar surface area (TPSA) is 24.9 Å². The molecule has 0 fully saturated rings. The van der Waals surface area contributed by atoms with Gasteiger partial charge in [0.15, 0.2) is 0 Å². The lowest BCUT2D eigenvalue weighted by Crippen LogP contribution is -1.91. The Morgan fingerprint density at radius 2 is 2.00 bits per heavy atom. The Bertz CT molecular complexity index is 514. The van der Waals surface area contributed by atoms with Crippen molar-refractivity contribution < 1.29 is 0 Å². The molecule has 0 aliphatic heterocycles. The van der Waals surface area contributed by atoms with Gasteiger partial charge < -0.3 is 5.32 Å². The van der Waals surface area contributed by atoms with Crippen LogP contribution in [0.2, 0.25) is 5.02 Å². The fourth-order valence-electron chi connectivity index (χ4n) is 1.32. The second-order valence-corrected chi connectivity index (χ2v) is 4.80. The third kappa shape index (κ3) is 2.74. The number of anilines is 2. The number of pyridine rings is 1. The lowest BCUT2D eigenvalue weighted by atomic mass is 10.2. The van der Waals surface area contributed by atoms with Crippen molar-refractivity contribution in [3.8, 4) is 0 Å². The van der Waals surface area contributed by atoms with Gasteiger partial charge in [0.2, 0.25) is 0 Å². The van der Waals surface area contributed by atoms with E-state index in [4.69, 9.17) is 11.6 Å². The van der Waals surface area contributed by atoms with Crippen LogP contribution in [0.5, 0.6) is 0 Å². The fraction of sp³-hybridized carbons (Fsp3) is 0.0833. The molecule has 0 atom stereocenters. The summed E-state index contributed by atoms with van der Waals surface area (Å²) in [6.07, 6.45) is 3.51. The molecule has 1 aromatic carbocycles. The highest BCUT2D eigenvalue weighted by Gasteiger charge is 1.99. The first-order valence-corrected chi connectivity index (χ1v) is 5.96. The summed E-state index contributed by atoms with van der Waals surface area (Å²) in [6, 6.07) is 7.83. The van der Waals surface area contributed by atoms with Crippen molar-refractivity contribution in [1.82, 2.24) is 4.98 Å². The molecule has 1 N–H and O–H groups in total. The number of benzene rings is 1. The van der Waals surface area contributed by atoms with E-state index >= 15 is 0 Å². The first-order valence-electron chi connectivity index (χ1n) is 4.79. The van der Waals surface area contributed by atoms with Gasteiger partial charge in [-0.25, -0.2) is 0 Å². The minimum atomic E-state index is 0.757. The second-order valence-electron chi connectivity index (χ2n) is 3.48. The number of rotatable bonds is 2. The van der Waals surface area contributed by atoms with Gasteiger partial charge >= 0.3 is 0 Å². The number of hydrogen-bond acceptors (Lipinski definition) is 2. The van der Waals surface area contributed by atoms with Crippen molar-refractivity contribution in [3.05, 3.63) is 51.7 Å². The summed E-state index contributed by atoms with van der Waals surface area (Å²) in [7, 11) is 0. The maximum atomic E-state index is 6.05. The number of aromatic nitrogens is 1. The standard InChI is InChI=1S/C12H10BrClN2/c1-8-2-3-10(5-12(8)14)16-11-4-9(13)6-15-7-11/h2-7,16H,1H3. The molecular formula is C12H10BrClN2. The van der Waals surface area contributed by atoms with Crippen molar-refractivity contribution in [3.63, 3.8) is 0 Å². The van der Waals surface area contributed by atoms with Crippen molar-refractivity contribution in [2.75, 3.05) is 5.32 Å². The third-order valence-electron chi connectivity index (χ3n) is 2.17. The zero-order chi connectivity index (χ0) is 11.5.